The van der Waals surface area contributed by atoms with E-state index < -0.39 is 0 Å². The Bertz CT molecular complexity index is 550. The molecule has 1 aromatic heterocycles. The van der Waals surface area contributed by atoms with Crippen molar-refractivity contribution in [2.75, 3.05) is 13.1 Å². The number of nitrogens with zero attached hydrogens (tertiary/aromatic N) is 1. The van der Waals surface area contributed by atoms with Crippen LogP contribution < -0.4 is 10.1 Å². The highest BCUT2D eigenvalue weighted by molar-refractivity contribution is 5.26. The summed E-state index contributed by atoms with van der Waals surface area (Å²) in [7, 11) is 0. The van der Waals surface area contributed by atoms with Crippen molar-refractivity contribution in [2.24, 2.45) is 5.92 Å². The predicted molar refractivity (Wildman–Crippen MR) is 79.8 cm³/mol. The van der Waals surface area contributed by atoms with Gasteiger partial charge in [-0.2, -0.15) is 0 Å². The molecule has 1 N–H and O–H groups in total. The Balaban J connectivity index is 1.88. The monoisotopic (exact) mass is 268 g/mol. The van der Waals surface area contributed by atoms with E-state index in [9.17, 15) is 0 Å². The summed E-state index contributed by atoms with van der Waals surface area (Å²) < 4.78 is 6.26. The molecule has 1 aliphatic rings. The molecule has 2 heterocycles. The molecule has 0 unspecified atom stereocenters. The lowest BCUT2D eigenvalue weighted by Crippen LogP contribution is -2.22. The average molecular weight is 268 g/mol. The third kappa shape index (κ3) is 2.83. The van der Waals surface area contributed by atoms with Crippen LogP contribution in [-0.2, 0) is 0 Å². The number of benzene rings is 1. The van der Waals surface area contributed by atoms with Crippen molar-refractivity contribution >= 4 is 0 Å². The second-order valence-electron chi connectivity index (χ2n) is 5.33. The van der Waals surface area contributed by atoms with Crippen LogP contribution in [0.1, 0.15) is 23.7 Å². The van der Waals surface area contributed by atoms with E-state index in [2.05, 4.69) is 34.6 Å². The van der Waals surface area contributed by atoms with Gasteiger partial charge >= 0.3 is 0 Å². The maximum absolute atomic E-state index is 6.26. The van der Waals surface area contributed by atoms with Crippen LogP contribution in [0.25, 0.3) is 0 Å². The highest BCUT2D eigenvalue weighted by Gasteiger charge is 2.28. The van der Waals surface area contributed by atoms with Crippen molar-refractivity contribution in [3.05, 3.63) is 59.8 Å². The van der Waals surface area contributed by atoms with Crippen LogP contribution in [0.2, 0.25) is 0 Å². The van der Waals surface area contributed by atoms with Crippen LogP contribution in [0.15, 0.2) is 48.7 Å². The second-order valence-corrected chi connectivity index (χ2v) is 5.33. The van der Waals surface area contributed by atoms with Crippen LogP contribution in [-0.4, -0.2) is 18.1 Å². The highest BCUT2D eigenvalue weighted by atomic mass is 16.5. The fourth-order valence-electron chi connectivity index (χ4n) is 2.73. The third-order valence-electron chi connectivity index (χ3n) is 3.85. The Morgan fingerprint density at radius 3 is 2.75 bits per heavy atom. The first kappa shape index (κ1) is 13.1. The molecule has 1 aliphatic heterocycles. The molecule has 1 saturated heterocycles. The normalized spacial score (nSPS) is 19.8. The highest BCUT2D eigenvalue weighted by Crippen LogP contribution is 2.32. The fraction of sp³-hybridized carbons (Fsp3) is 0.353. The maximum Gasteiger partial charge on any atom is 0.216 e. The topological polar surface area (TPSA) is 34.1 Å². The molecule has 2 atom stereocenters. The largest absolute Gasteiger partial charge is 0.469 e. The van der Waals surface area contributed by atoms with Gasteiger partial charge in [-0.1, -0.05) is 36.4 Å². The molecule has 3 rings (SSSR count). The van der Waals surface area contributed by atoms with Crippen LogP contribution in [0.3, 0.4) is 0 Å². The Labute approximate surface area is 120 Å². The molecule has 0 aliphatic carbocycles. The van der Waals surface area contributed by atoms with Crippen molar-refractivity contribution in [2.45, 2.75) is 19.4 Å². The van der Waals surface area contributed by atoms with Crippen molar-refractivity contribution in [1.29, 1.82) is 0 Å². The number of hydrogen-bond acceptors (Lipinski definition) is 3. The standard InChI is InChI=1S/C17H20N2O/c1-13-6-5-10-19-17(13)20-16(15-9-11-18-12-15)14-7-3-2-4-8-14/h2-8,10,15-16,18H,9,11-12H2,1H3/t15-,16-/m0/s1. The van der Waals surface area contributed by atoms with E-state index in [-0.39, 0.29) is 6.10 Å². The summed E-state index contributed by atoms with van der Waals surface area (Å²) in [5.74, 6) is 1.24. The molecule has 20 heavy (non-hydrogen) atoms. The SMILES string of the molecule is Cc1cccnc1O[C@@H](c1ccccc1)[C@H]1CCNC1. The molecular formula is C17H20N2O. The van der Waals surface area contributed by atoms with Crippen LogP contribution >= 0.6 is 0 Å². The Morgan fingerprint density at radius 1 is 1.20 bits per heavy atom. The minimum absolute atomic E-state index is 0.0693. The molecule has 0 saturated carbocycles. The lowest BCUT2D eigenvalue weighted by atomic mass is 9.95. The predicted octanol–water partition coefficient (Wildman–Crippen LogP) is 3.12. The van der Waals surface area contributed by atoms with Crippen molar-refractivity contribution in [3.8, 4) is 5.88 Å². The smallest absolute Gasteiger partial charge is 0.216 e. The summed E-state index contributed by atoms with van der Waals surface area (Å²) >= 11 is 0. The quantitative estimate of drug-likeness (QED) is 0.925. The van der Waals surface area contributed by atoms with Gasteiger partial charge < -0.3 is 10.1 Å². The van der Waals surface area contributed by atoms with E-state index in [1.54, 1.807) is 6.20 Å². The summed E-state index contributed by atoms with van der Waals surface area (Å²) in [6.07, 6.45) is 3.00. The molecule has 3 heteroatoms. The lowest BCUT2D eigenvalue weighted by Gasteiger charge is -2.25. The van der Waals surface area contributed by atoms with Crippen LogP contribution in [0, 0.1) is 12.8 Å². The number of nitrogens with one attached hydrogen (secondary N) is 1. The maximum atomic E-state index is 6.26. The zero-order chi connectivity index (χ0) is 13.8. The van der Waals surface area contributed by atoms with E-state index in [0.29, 0.717) is 5.92 Å². The van der Waals surface area contributed by atoms with Gasteiger partial charge in [0.15, 0.2) is 0 Å². The number of hydrogen-bond donors (Lipinski definition) is 1. The van der Waals surface area contributed by atoms with Crippen molar-refractivity contribution in [1.82, 2.24) is 10.3 Å². The summed E-state index contributed by atoms with van der Waals surface area (Å²) in [4.78, 5) is 4.37. The number of aromatic nitrogens is 1. The summed E-state index contributed by atoms with van der Waals surface area (Å²) in [5, 5.41) is 3.42. The summed E-state index contributed by atoms with van der Waals surface area (Å²) in [5.41, 5.74) is 2.31. The lowest BCUT2D eigenvalue weighted by molar-refractivity contribution is 0.137. The molecule has 0 amide bonds. The number of rotatable bonds is 4. The number of pyridine rings is 1. The molecule has 3 nitrogen and oxygen atoms in total. The molecule has 104 valence electrons. The zero-order valence-corrected chi connectivity index (χ0v) is 11.8. The Hall–Kier alpha value is -1.87. The number of aryl methyl sites for hydroxylation is 1. The molecule has 1 fully saturated rings. The van der Waals surface area contributed by atoms with Gasteiger partial charge in [-0.05, 0) is 31.5 Å². The first-order valence-corrected chi connectivity index (χ1v) is 7.18. The van der Waals surface area contributed by atoms with Crippen LogP contribution in [0.5, 0.6) is 5.88 Å². The van der Waals surface area contributed by atoms with Gasteiger partial charge in [0.25, 0.3) is 0 Å². The average Bonchev–Trinajstić information content (AvgIpc) is 3.01. The van der Waals surface area contributed by atoms with Gasteiger partial charge in [-0.3, -0.25) is 0 Å². The van der Waals surface area contributed by atoms with Gasteiger partial charge in [0.1, 0.15) is 6.10 Å². The van der Waals surface area contributed by atoms with Crippen molar-refractivity contribution < 1.29 is 4.74 Å². The van der Waals surface area contributed by atoms with Crippen LogP contribution in [0.4, 0.5) is 0 Å². The summed E-state index contributed by atoms with van der Waals surface area (Å²) in [6, 6.07) is 14.4. The third-order valence-corrected chi connectivity index (χ3v) is 3.85. The first-order chi connectivity index (χ1) is 9.84. The van der Waals surface area contributed by atoms with Gasteiger partial charge in [-0.25, -0.2) is 4.98 Å². The molecule has 0 bridgehead atoms. The summed E-state index contributed by atoms with van der Waals surface area (Å²) in [6.45, 7) is 4.11. The Morgan fingerprint density at radius 2 is 2.05 bits per heavy atom. The van der Waals surface area contributed by atoms with Crippen molar-refractivity contribution in [3.63, 3.8) is 0 Å². The minimum atomic E-state index is 0.0693. The number of ether oxygens (including phenoxy) is 1. The molecule has 0 spiro atoms. The zero-order valence-electron chi connectivity index (χ0n) is 11.8. The van der Waals surface area contributed by atoms with E-state index in [1.807, 2.05) is 25.1 Å². The molecule has 1 aromatic carbocycles. The van der Waals surface area contributed by atoms with Gasteiger partial charge in [-0.15, -0.1) is 0 Å². The minimum Gasteiger partial charge on any atom is -0.469 e. The first-order valence-electron chi connectivity index (χ1n) is 7.18. The molecule has 2 aromatic rings. The second kappa shape index (κ2) is 6.06. The fourth-order valence-corrected chi connectivity index (χ4v) is 2.73. The van der Waals surface area contributed by atoms with Gasteiger partial charge in [0, 0.05) is 24.2 Å². The van der Waals surface area contributed by atoms with E-state index in [1.165, 1.54) is 5.56 Å². The van der Waals surface area contributed by atoms with Gasteiger partial charge in [0.2, 0.25) is 5.88 Å². The van der Waals surface area contributed by atoms with E-state index in [0.717, 1.165) is 31.0 Å². The van der Waals surface area contributed by atoms with E-state index >= 15 is 0 Å². The molecule has 0 radical (unpaired) electrons. The molecular weight excluding hydrogens is 248 g/mol. The Kier molecular flexibility index (Phi) is 3.97. The van der Waals surface area contributed by atoms with E-state index in [4.69, 9.17) is 4.74 Å². The van der Waals surface area contributed by atoms with Gasteiger partial charge in [0.05, 0.1) is 0 Å².